The monoisotopic (exact) mass is 382 g/mol. The van der Waals surface area contributed by atoms with Gasteiger partial charge in [0.25, 0.3) is 5.91 Å². The number of benzene rings is 2. The summed E-state index contributed by atoms with van der Waals surface area (Å²) in [6.07, 6.45) is -3.00. The van der Waals surface area contributed by atoms with Gasteiger partial charge in [0.15, 0.2) is 0 Å². The van der Waals surface area contributed by atoms with Crippen LogP contribution in [-0.4, -0.2) is 25.0 Å². The first-order chi connectivity index (χ1) is 12.8. The lowest BCUT2D eigenvalue weighted by molar-refractivity contribution is -0.137. The number of alkyl halides is 3. The smallest absolute Gasteiger partial charge is 0.365 e. The molecule has 2 aliphatic rings. The average Bonchev–Trinajstić information content (AvgIpc) is 3.08. The van der Waals surface area contributed by atoms with E-state index in [-0.39, 0.29) is 18.3 Å². The van der Waals surface area contributed by atoms with Crippen LogP contribution in [0.3, 0.4) is 0 Å². The highest BCUT2D eigenvalue weighted by Crippen LogP contribution is 2.43. The molecule has 1 unspecified atom stereocenters. The number of halogens is 5. The summed E-state index contributed by atoms with van der Waals surface area (Å²) in [5.41, 5.74) is -1.17. The summed E-state index contributed by atoms with van der Waals surface area (Å²) in [6.45, 7) is 0.750. The largest absolute Gasteiger partial charge is 0.416 e. The van der Waals surface area contributed by atoms with Crippen molar-refractivity contribution in [2.75, 3.05) is 22.9 Å². The van der Waals surface area contributed by atoms with Gasteiger partial charge in [-0.25, -0.2) is 8.78 Å². The van der Waals surface area contributed by atoms with Gasteiger partial charge in [0, 0.05) is 19.1 Å². The van der Waals surface area contributed by atoms with Crippen LogP contribution in [0.25, 0.3) is 0 Å². The molecule has 0 radical (unpaired) electrons. The summed E-state index contributed by atoms with van der Waals surface area (Å²) in [7, 11) is 0. The molecule has 1 fully saturated rings. The second-order valence-corrected chi connectivity index (χ2v) is 6.70. The standard InChI is InChI=1S/C19H15F5N2O/c20-13-4-1-5-14(21)17(13)18(27)26-10-12-3-2-8-25(12)15-7-6-11(9-16(15)26)19(22,23)24/h1,4-7,9,12H,2-3,8,10H2. The van der Waals surface area contributed by atoms with E-state index in [0.29, 0.717) is 12.2 Å². The Labute approximate surface area is 152 Å². The van der Waals surface area contributed by atoms with Gasteiger partial charge in [0.2, 0.25) is 0 Å². The van der Waals surface area contributed by atoms with Crippen LogP contribution in [0, 0.1) is 11.6 Å². The van der Waals surface area contributed by atoms with E-state index >= 15 is 0 Å². The predicted octanol–water partition coefficient (Wildman–Crippen LogP) is 4.61. The van der Waals surface area contributed by atoms with Gasteiger partial charge in [0.05, 0.1) is 16.9 Å². The number of amides is 1. The molecule has 0 aliphatic carbocycles. The molecule has 1 amide bonds. The molecule has 0 bridgehead atoms. The van der Waals surface area contributed by atoms with Gasteiger partial charge in [-0.05, 0) is 43.2 Å². The zero-order chi connectivity index (χ0) is 19.3. The fraction of sp³-hybridized carbons (Fsp3) is 0.316. The minimum atomic E-state index is -4.59. The van der Waals surface area contributed by atoms with Crippen molar-refractivity contribution < 1.29 is 26.7 Å². The maximum Gasteiger partial charge on any atom is 0.416 e. The summed E-state index contributed by atoms with van der Waals surface area (Å²) in [5, 5.41) is 0. The summed E-state index contributed by atoms with van der Waals surface area (Å²) in [6, 6.07) is 6.12. The third-order valence-corrected chi connectivity index (χ3v) is 5.10. The normalized spacial score (nSPS) is 19.1. The van der Waals surface area contributed by atoms with Gasteiger partial charge < -0.3 is 9.80 Å². The number of anilines is 2. The second kappa shape index (κ2) is 6.21. The van der Waals surface area contributed by atoms with Crippen molar-refractivity contribution in [1.29, 1.82) is 0 Å². The lowest BCUT2D eigenvalue weighted by atomic mass is 10.0. The van der Waals surface area contributed by atoms with Gasteiger partial charge in [0.1, 0.15) is 17.2 Å². The Kier molecular flexibility index (Phi) is 4.09. The molecule has 2 aromatic rings. The number of nitrogens with zero attached hydrogens (tertiary/aromatic N) is 2. The Balaban J connectivity index is 1.84. The second-order valence-electron chi connectivity index (χ2n) is 6.70. The van der Waals surface area contributed by atoms with Crippen LogP contribution in [0.1, 0.15) is 28.8 Å². The van der Waals surface area contributed by atoms with E-state index in [1.54, 1.807) is 0 Å². The minimum absolute atomic E-state index is 0.0237. The maximum atomic E-state index is 14.1. The van der Waals surface area contributed by atoms with Gasteiger partial charge in [-0.1, -0.05) is 6.07 Å². The Bertz CT molecular complexity index is 891. The average molecular weight is 382 g/mol. The lowest BCUT2D eigenvalue weighted by Gasteiger charge is -2.40. The molecule has 8 heteroatoms. The van der Waals surface area contributed by atoms with E-state index in [1.165, 1.54) is 6.07 Å². The molecule has 2 aromatic carbocycles. The first kappa shape index (κ1) is 17.8. The molecule has 2 heterocycles. The van der Waals surface area contributed by atoms with Crippen LogP contribution in [0.5, 0.6) is 0 Å². The van der Waals surface area contributed by atoms with Gasteiger partial charge in [-0.2, -0.15) is 13.2 Å². The number of hydrogen-bond acceptors (Lipinski definition) is 2. The Morgan fingerprint density at radius 1 is 1.04 bits per heavy atom. The number of carbonyl (C=O) groups is 1. The van der Waals surface area contributed by atoms with Crippen molar-refractivity contribution in [3.63, 3.8) is 0 Å². The molecule has 142 valence electrons. The van der Waals surface area contributed by atoms with Crippen LogP contribution >= 0.6 is 0 Å². The molecule has 27 heavy (non-hydrogen) atoms. The first-order valence-electron chi connectivity index (χ1n) is 8.51. The molecule has 3 nitrogen and oxygen atoms in total. The summed E-state index contributed by atoms with van der Waals surface area (Å²) in [4.78, 5) is 15.9. The van der Waals surface area contributed by atoms with Crippen molar-refractivity contribution in [2.45, 2.75) is 25.1 Å². The summed E-state index contributed by atoms with van der Waals surface area (Å²) < 4.78 is 67.7. The quantitative estimate of drug-likeness (QED) is 0.673. The zero-order valence-corrected chi connectivity index (χ0v) is 14.1. The van der Waals surface area contributed by atoms with E-state index in [2.05, 4.69) is 0 Å². The number of rotatable bonds is 1. The topological polar surface area (TPSA) is 23.6 Å². The highest BCUT2D eigenvalue weighted by molar-refractivity contribution is 6.09. The van der Waals surface area contributed by atoms with Crippen molar-refractivity contribution in [3.05, 3.63) is 59.2 Å². The van der Waals surface area contributed by atoms with Crippen LogP contribution < -0.4 is 9.80 Å². The van der Waals surface area contributed by atoms with Crippen molar-refractivity contribution in [2.24, 2.45) is 0 Å². The van der Waals surface area contributed by atoms with Crippen LogP contribution in [0.15, 0.2) is 36.4 Å². The molecule has 2 aliphatic heterocycles. The van der Waals surface area contributed by atoms with E-state index < -0.39 is 34.8 Å². The van der Waals surface area contributed by atoms with Gasteiger partial charge in [-0.15, -0.1) is 0 Å². The predicted molar refractivity (Wildman–Crippen MR) is 89.8 cm³/mol. The molecule has 0 aromatic heterocycles. The fourth-order valence-corrected chi connectivity index (χ4v) is 3.84. The lowest BCUT2D eigenvalue weighted by Crippen LogP contribution is -2.48. The van der Waals surface area contributed by atoms with Crippen LogP contribution in [-0.2, 0) is 6.18 Å². The Hall–Kier alpha value is -2.64. The van der Waals surface area contributed by atoms with Gasteiger partial charge in [-0.3, -0.25) is 4.79 Å². The number of carbonyl (C=O) groups excluding carboxylic acids is 1. The maximum absolute atomic E-state index is 14.1. The first-order valence-corrected chi connectivity index (χ1v) is 8.51. The zero-order valence-electron chi connectivity index (χ0n) is 14.1. The number of hydrogen-bond donors (Lipinski definition) is 0. The van der Waals surface area contributed by atoms with Crippen LogP contribution in [0.2, 0.25) is 0 Å². The minimum Gasteiger partial charge on any atom is -0.365 e. The molecule has 0 saturated carbocycles. The number of fused-ring (bicyclic) bond motifs is 3. The highest BCUT2D eigenvalue weighted by atomic mass is 19.4. The van der Waals surface area contributed by atoms with Gasteiger partial charge >= 0.3 is 6.18 Å². The van der Waals surface area contributed by atoms with Crippen molar-refractivity contribution in [1.82, 2.24) is 0 Å². The van der Waals surface area contributed by atoms with E-state index in [1.807, 2.05) is 4.90 Å². The summed E-state index contributed by atoms with van der Waals surface area (Å²) >= 11 is 0. The Morgan fingerprint density at radius 3 is 2.41 bits per heavy atom. The molecular weight excluding hydrogens is 367 g/mol. The van der Waals surface area contributed by atoms with E-state index in [0.717, 1.165) is 48.1 Å². The van der Waals surface area contributed by atoms with Crippen molar-refractivity contribution in [3.8, 4) is 0 Å². The highest BCUT2D eigenvalue weighted by Gasteiger charge is 2.40. The molecular formula is C19H15F5N2O. The van der Waals surface area contributed by atoms with E-state index in [9.17, 15) is 26.7 Å². The molecule has 4 rings (SSSR count). The SMILES string of the molecule is O=C(c1c(F)cccc1F)N1CC2CCCN2c2ccc(C(F)(F)F)cc21. The molecule has 1 atom stereocenters. The van der Waals surface area contributed by atoms with Crippen molar-refractivity contribution >= 4 is 17.3 Å². The fourth-order valence-electron chi connectivity index (χ4n) is 3.84. The third-order valence-electron chi connectivity index (χ3n) is 5.10. The summed E-state index contributed by atoms with van der Waals surface area (Å²) in [5.74, 6) is -3.05. The molecule has 0 spiro atoms. The molecule has 1 saturated heterocycles. The Morgan fingerprint density at radius 2 is 1.74 bits per heavy atom. The van der Waals surface area contributed by atoms with Crippen LogP contribution in [0.4, 0.5) is 33.3 Å². The molecule has 0 N–H and O–H groups in total. The third kappa shape index (κ3) is 2.93. The van der Waals surface area contributed by atoms with E-state index in [4.69, 9.17) is 0 Å².